The van der Waals surface area contributed by atoms with Crippen LogP contribution in [0.25, 0.3) is 0 Å². The van der Waals surface area contributed by atoms with Gasteiger partial charge in [-0.25, -0.2) is 0 Å². The predicted molar refractivity (Wildman–Crippen MR) is 123 cm³/mol. The van der Waals surface area contributed by atoms with Gasteiger partial charge in [0.2, 0.25) is 0 Å². The molecule has 1 amide bonds. The first kappa shape index (κ1) is 21.2. The third-order valence-electron chi connectivity index (χ3n) is 6.52. The summed E-state index contributed by atoms with van der Waals surface area (Å²) >= 11 is 0. The molecular formula is C26H26N4O3. The molecule has 33 heavy (non-hydrogen) atoms. The maximum atomic E-state index is 13.7. The smallest absolute Gasteiger partial charge is 0.254 e. The van der Waals surface area contributed by atoms with Gasteiger partial charge in [-0.3, -0.25) is 14.6 Å². The molecule has 2 aromatic carbocycles. The minimum absolute atomic E-state index is 0.240. The van der Waals surface area contributed by atoms with Crippen molar-refractivity contribution in [2.75, 3.05) is 6.67 Å². The zero-order chi connectivity index (χ0) is 23.0. The molecule has 0 spiro atoms. The van der Waals surface area contributed by atoms with Gasteiger partial charge in [0, 0.05) is 24.2 Å². The highest BCUT2D eigenvalue weighted by atomic mass is 16.3. The van der Waals surface area contributed by atoms with Gasteiger partial charge in [0.1, 0.15) is 6.10 Å². The Morgan fingerprint density at radius 2 is 1.64 bits per heavy atom. The fourth-order valence-electron chi connectivity index (χ4n) is 4.79. The van der Waals surface area contributed by atoms with Gasteiger partial charge in [-0.2, -0.15) is 5.01 Å². The van der Waals surface area contributed by atoms with Crippen molar-refractivity contribution in [3.05, 3.63) is 108 Å². The monoisotopic (exact) mass is 442 g/mol. The van der Waals surface area contributed by atoms with E-state index in [9.17, 15) is 14.7 Å². The molecule has 0 bridgehead atoms. The van der Waals surface area contributed by atoms with Crippen molar-refractivity contribution in [3.8, 4) is 0 Å². The highest BCUT2D eigenvalue weighted by Gasteiger charge is 2.57. The second kappa shape index (κ2) is 8.35. The topological polar surface area (TPSA) is 79.9 Å². The molecule has 2 aliphatic heterocycles. The van der Waals surface area contributed by atoms with Gasteiger partial charge in [0.25, 0.3) is 5.91 Å². The van der Waals surface area contributed by atoms with E-state index in [1.165, 1.54) is 6.08 Å². The maximum Gasteiger partial charge on any atom is 0.254 e. The number of aromatic amines is 1. The molecule has 168 valence electrons. The number of aromatic nitrogens is 1. The van der Waals surface area contributed by atoms with Crippen molar-refractivity contribution in [1.82, 2.24) is 19.9 Å². The standard InChI is InChI=1S/C26H26N4O3/c1-26-24(32)22(31)14-16-30(26)29(18-28(25(26)33)17-21-13-8-15-27-21)23(19-9-4-2-5-10-19)20-11-6-3-7-12-20/h2-16,23-24,27,32H,17-18H2,1H3. The highest BCUT2D eigenvalue weighted by Crippen LogP contribution is 2.40. The largest absolute Gasteiger partial charge is 0.382 e. The molecule has 5 rings (SSSR count). The van der Waals surface area contributed by atoms with E-state index in [1.807, 2.05) is 54.7 Å². The molecule has 2 unspecified atom stereocenters. The van der Waals surface area contributed by atoms with Gasteiger partial charge in [0.15, 0.2) is 11.3 Å². The van der Waals surface area contributed by atoms with Gasteiger partial charge in [-0.1, -0.05) is 60.7 Å². The molecule has 1 aromatic heterocycles. The fourth-order valence-corrected chi connectivity index (χ4v) is 4.79. The van der Waals surface area contributed by atoms with Crippen LogP contribution >= 0.6 is 0 Å². The second-order valence-corrected chi connectivity index (χ2v) is 8.62. The van der Waals surface area contributed by atoms with Gasteiger partial charge in [0.05, 0.1) is 19.3 Å². The SMILES string of the molecule is CC12C(=O)N(Cc3ccc[nH]3)CN(C(c3ccccc3)c3ccccc3)N1C=CC(=O)C2O. The number of carbonyl (C=O) groups excluding carboxylic acids is 2. The molecule has 2 atom stereocenters. The van der Waals surface area contributed by atoms with Crippen LogP contribution in [-0.4, -0.2) is 55.0 Å². The van der Waals surface area contributed by atoms with Crippen LogP contribution in [0, 0.1) is 0 Å². The van der Waals surface area contributed by atoms with Crippen LogP contribution in [0.1, 0.15) is 29.8 Å². The first-order valence-corrected chi connectivity index (χ1v) is 11.0. The molecular weight excluding hydrogens is 416 g/mol. The number of H-pyrrole nitrogens is 1. The predicted octanol–water partition coefficient (Wildman–Crippen LogP) is 2.84. The van der Waals surface area contributed by atoms with E-state index >= 15 is 0 Å². The molecule has 0 radical (unpaired) electrons. The van der Waals surface area contributed by atoms with Crippen LogP contribution < -0.4 is 0 Å². The molecule has 3 aromatic rings. The quantitative estimate of drug-likeness (QED) is 0.635. The summed E-state index contributed by atoms with van der Waals surface area (Å²) in [4.78, 5) is 31.0. The Hall–Kier alpha value is -3.68. The number of hydrogen-bond donors (Lipinski definition) is 2. The number of amides is 1. The number of rotatable bonds is 5. The van der Waals surface area contributed by atoms with E-state index in [0.717, 1.165) is 16.8 Å². The average Bonchev–Trinajstić information content (AvgIpc) is 3.35. The van der Waals surface area contributed by atoms with Gasteiger partial charge in [-0.15, -0.1) is 0 Å². The molecule has 1 fully saturated rings. The molecule has 0 aliphatic carbocycles. The maximum absolute atomic E-state index is 13.7. The molecule has 0 saturated carbocycles. The molecule has 1 saturated heterocycles. The lowest BCUT2D eigenvalue weighted by molar-refractivity contribution is -0.208. The lowest BCUT2D eigenvalue weighted by Crippen LogP contribution is -2.75. The van der Waals surface area contributed by atoms with Crippen molar-refractivity contribution < 1.29 is 14.7 Å². The number of fused-ring (bicyclic) bond motifs is 1. The number of aliphatic hydroxyl groups excluding tert-OH is 1. The second-order valence-electron chi connectivity index (χ2n) is 8.62. The van der Waals surface area contributed by atoms with Crippen LogP contribution in [-0.2, 0) is 16.1 Å². The number of hydrazine groups is 1. The number of aliphatic hydroxyl groups is 1. The third-order valence-corrected chi connectivity index (χ3v) is 6.52. The molecule has 7 heteroatoms. The summed E-state index contributed by atoms with van der Waals surface area (Å²) in [6.07, 6.45) is 3.31. The average molecular weight is 443 g/mol. The number of ketones is 1. The van der Waals surface area contributed by atoms with E-state index in [4.69, 9.17) is 0 Å². The Morgan fingerprint density at radius 3 is 2.21 bits per heavy atom. The van der Waals surface area contributed by atoms with Crippen molar-refractivity contribution >= 4 is 11.7 Å². The summed E-state index contributed by atoms with van der Waals surface area (Å²) in [6, 6.07) is 23.7. The van der Waals surface area contributed by atoms with Crippen LogP contribution in [0.3, 0.4) is 0 Å². The number of nitrogens with zero attached hydrogens (tertiary/aromatic N) is 3. The van der Waals surface area contributed by atoms with E-state index < -0.39 is 17.4 Å². The van der Waals surface area contributed by atoms with E-state index in [1.54, 1.807) is 23.0 Å². The summed E-state index contributed by atoms with van der Waals surface area (Å²) in [6.45, 7) is 2.27. The van der Waals surface area contributed by atoms with Crippen molar-refractivity contribution in [2.24, 2.45) is 0 Å². The normalized spacial score (nSPS) is 23.3. The Labute approximate surface area is 192 Å². The van der Waals surface area contributed by atoms with E-state index in [-0.39, 0.29) is 18.6 Å². The van der Waals surface area contributed by atoms with E-state index in [0.29, 0.717) is 6.54 Å². The van der Waals surface area contributed by atoms with Crippen molar-refractivity contribution in [2.45, 2.75) is 31.2 Å². The van der Waals surface area contributed by atoms with Crippen molar-refractivity contribution in [3.63, 3.8) is 0 Å². The lowest BCUT2D eigenvalue weighted by Gasteiger charge is -2.57. The summed E-state index contributed by atoms with van der Waals surface area (Å²) in [5, 5.41) is 14.8. The number of carbonyl (C=O) groups is 2. The lowest BCUT2D eigenvalue weighted by atomic mass is 9.85. The number of nitrogens with one attached hydrogen (secondary N) is 1. The zero-order valence-electron chi connectivity index (χ0n) is 18.3. The van der Waals surface area contributed by atoms with Crippen molar-refractivity contribution in [1.29, 1.82) is 0 Å². The zero-order valence-corrected chi connectivity index (χ0v) is 18.3. The van der Waals surface area contributed by atoms with Crippen LogP contribution in [0.5, 0.6) is 0 Å². The molecule has 7 nitrogen and oxygen atoms in total. The minimum atomic E-state index is -1.48. The van der Waals surface area contributed by atoms with E-state index in [2.05, 4.69) is 34.3 Å². The van der Waals surface area contributed by atoms with Gasteiger partial charge in [-0.05, 0) is 30.2 Å². The molecule has 2 N–H and O–H groups in total. The third kappa shape index (κ3) is 3.55. The molecule has 3 heterocycles. The minimum Gasteiger partial charge on any atom is -0.382 e. The Bertz CT molecular complexity index is 1120. The number of benzene rings is 2. The Balaban J connectivity index is 1.65. The first-order valence-electron chi connectivity index (χ1n) is 11.0. The summed E-state index contributed by atoms with van der Waals surface area (Å²) in [5.41, 5.74) is 1.50. The van der Waals surface area contributed by atoms with Gasteiger partial charge >= 0.3 is 0 Å². The highest BCUT2D eigenvalue weighted by molar-refractivity contribution is 6.02. The number of hydrogen-bond acceptors (Lipinski definition) is 5. The fraction of sp³-hybridized carbons (Fsp3) is 0.231. The van der Waals surface area contributed by atoms with Gasteiger partial charge < -0.3 is 15.0 Å². The van der Waals surface area contributed by atoms with Crippen LogP contribution in [0.15, 0.2) is 91.3 Å². The first-order chi connectivity index (χ1) is 16.0. The Morgan fingerprint density at radius 1 is 1.00 bits per heavy atom. The van der Waals surface area contributed by atoms with Crippen LogP contribution in [0.2, 0.25) is 0 Å². The summed E-state index contributed by atoms with van der Waals surface area (Å²) < 4.78 is 0. The Kier molecular flexibility index (Phi) is 5.36. The molecule has 2 aliphatic rings. The van der Waals surface area contributed by atoms with Crippen LogP contribution in [0.4, 0.5) is 0 Å². The summed E-state index contributed by atoms with van der Waals surface area (Å²) in [7, 11) is 0. The summed E-state index contributed by atoms with van der Waals surface area (Å²) in [5.74, 6) is -0.766.